The number of nitriles is 1. The van der Waals surface area contributed by atoms with E-state index in [1.807, 2.05) is 6.92 Å². The van der Waals surface area contributed by atoms with Crippen molar-refractivity contribution in [1.82, 2.24) is 0 Å². The predicted molar refractivity (Wildman–Crippen MR) is 40.7 cm³/mol. The number of carbonyl (C=O) groups excluding carboxylic acids is 1. The van der Waals surface area contributed by atoms with Gasteiger partial charge in [-0.1, -0.05) is 6.92 Å². The summed E-state index contributed by atoms with van der Waals surface area (Å²) in [4.78, 5) is 10.6. The fraction of sp³-hybridized carbons (Fsp3) is 0.714. The van der Waals surface area contributed by atoms with Crippen molar-refractivity contribution < 1.29 is 4.79 Å². The quantitative estimate of drug-likeness (QED) is 0.604. The summed E-state index contributed by atoms with van der Waals surface area (Å²) in [6, 6.07) is 2.19. The van der Waals surface area contributed by atoms with E-state index in [1.165, 1.54) is 0 Å². The minimum absolute atomic E-state index is 0.225. The number of rotatable bonds is 2. The number of carbonyl (C=O) groups is 1. The fourth-order valence-electron chi connectivity index (χ4n) is 1.07. The molecule has 54 valence electrons. The highest BCUT2D eigenvalue weighted by Crippen LogP contribution is 2.40. The monoisotopic (exact) mass is 155 g/mol. The van der Waals surface area contributed by atoms with Gasteiger partial charge in [-0.05, 0) is 5.75 Å². The van der Waals surface area contributed by atoms with Crippen LogP contribution in [0.3, 0.4) is 0 Å². The van der Waals surface area contributed by atoms with Gasteiger partial charge in [-0.2, -0.15) is 5.26 Å². The Balaban J connectivity index is 2.50. The van der Waals surface area contributed by atoms with Crippen molar-refractivity contribution in [1.29, 1.82) is 5.26 Å². The average Bonchev–Trinajstić information content (AvgIpc) is 1.84. The molecule has 1 saturated carbocycles. The van der Waals surface area contributed by atoms with Crippen LogP contribution in [0.15, 0.2) is 0 Å². The van der Waals surface area contributed by atoms with Crippen LogP contribution in [0.2, 0.25) is 0 Å². The Hall–Kier alpha value is -0.490. The third-order valence-electron chi connectivity index (χ3n) is 1.59. The summed E-state index contributed by atoms with van der Waals surface area (Å²) in [6.07, 6.45) is 0.921. The molecule has 0 aromatic heterocycles. The van der Waals surface area contributed by atoms with Crippen molar-refractivity contribution in [3.05, 3.63) is 0 Å². The lowest BCUT2D eigenvalue weighted by Crippen LogP contribution is -2.39. The Bertz CT molecular complexity index is 186. The van der Waals surface area contributed by atoms with Gasteiger partial charge in [-0.3, -0.25) is 4.79 Å². The molecule has 0 atom stereocenters. The van der Waals surface area contributed by atoms with E-state index < -0.39 is 0 Å². The highest BCUT2D eigenvalue weighted by Gasteiger charge is 2.43. The number of hydrogen-bond donors (Lipinski definition) is 0. The van der Waals surface area contributed by atoms with Gasteiger partial charge in [-0.25, -0.2) is 0 Å². The summed E-state index contributed by atoms with van der Waals surface area (Å²) in [5.41, 5.74) is 0. The van der Waals surface area contributed by atoms with Crippen LogP contribution in [0.1, 0.15) is 19.8 Å². The van der Waals surface area contributed by atoms with E-state index in [0.717, 1.165) is 5.75 Å². The first kappa shape index (κ1) is 7.62. The fourth-order valence-corrected chi connectivity index (χ4v) is 2.22. The van der Waals surface area contributed by atoms with Crippen molar-refractivity contribution in [3.63, 3.8) is 0 Å². The molecule has 0 amide bonds. The number of hydrogen-bond acceptors (Lipinski definition) is 3. The molecule has 0 spiro atoms. The third-order valence-corrected chi connectivity index (χ3v) is 2.81. The van der Waals surface area contributed by atoms with Gasteiger partial charge >= 0.3 is 0 Å². The zero-order chi connectivity index (χ0) is 7.61. The van der Waals surface area contributed by atoms with E-state index >= 15 is 0 Å². The van der Waals surface area contributed by atoms with Crippen LogP contribution >= 0.6 is 11.8 Å². The van der Waals surface area contributed by atoms with E-state index in [-0.39, 0.29) is 10.5 Å². The molecule has 1 aliphatic rings. The summed E-state index contributed by atoms with van der Waals surface area (Å²) in [5, 5.41) is 8.66. The molecule has 0 aromatic rings. The largest absolute Gasteiger partial charge is 0.300 e. The molecule has 0 aromatic carbocycles. The molecule has 10 heavy (non-hydrogen) atoms. The normalized spacial score (nSPS) is 21.4. The second-order valence-electron chi connectivity index (χ2n) is 2.43. The highest BCUT2D eigenvalue weighted by molar-refractivity contribution is 8.01. The van der Waals surface area contributed by atoms with Crippen molar-refractivity contribution in [3.8, 4) is 6.07 Å². The summed E-state index contributed by atoms with van der Waals surface area (Å²) >= 11 is 1.59. The van der Waals surface area contributed by atoms with Gasteiger partial charge in [0.25, 0.3) is 0 Å². The van der Waals surface area contributed by atoms with Crippen LogP contribution in [0.25, 0.3) is 0 Å². The van der Waals surface area contributed by atoms with Crippen LogP contribution < -0.4 is 0 Å². The van der Waals surface area contributed by atoms with Gasteiger partial charge in [-0.15, -0.1) is 11.8 Å². The molecule has 0 heterocycles. The first-order chi connectivity index (χ1) is 4.72. The summed E-state index contributed by atoms with van der Waals surface area (Å²) < 4.78 is -0.341. The number of nitrogens with zero attached hydrogens (tertiary/aromatic N) is 1. The van der Waals surface area contributed by atoms with Gasteiger partial charge in [0.2, 0.25) is 0 Å². The lowest BCUT2D eigenvalue weighted by molar-refractivity contribution is -0.124. The lowest BCUT2D eigenvalue weighted by Gasteiger charge is -2.32. The molecule has 1 aliphatic carbocycles. The molecule has 1 fully saturated rings. The lowest BCUT2D eigenvalue weighted by atomic mass is 9.84. The van der Waals surface area contributed by atoms with Crippen LogP contribution in [0.4, 0.5) is 0 Å². The summed E-state index contributed by atoms with van der Waals surface area (Å²) in [6.45, 7) is 2.01. The zero-order valence-corrected chi connectivity index (χ0v) is 6.70. The van der Waals surface area contributed by atoms with Gasteiger partial charge in [0.1, 0.15) is 10.5 Å². The van der Waals surface area contributed by atoms with Gasteiger partial charge in [0.15, 0.2) is 0 Å². The molecule has 3 heteroatoms. The Kier molecular flexibility index (Phi) is 2.00. The minimum atomic E-state index is -0.341. The van der Waals surface area contributed by atoms with Crippen LogP contribution in [0.5, 0.6) is 0 Å². The molecule has 0 N–H and O–H groups in total. The first-order valence-corrected chi connectivity index (χ1v) is 4.28. The third kappa shape index (κ3) is 1.17. The van der Waals surface area contributed by atoms with Crippen LogP contribution in [0, 0.1) is 11.3 Å². The first-order valence-electron chi connectivity index (χ1n) is 3.29. The summed E-state index contributed by atoms with van der Waals surface area (Å²) in [7, 11) is 0. The smallest absolute Gasteiger partial charge is 0.137 e. The Labute approximate surface area is 64.6 Å². The number of ketones is 1. The van der Waals surface area contributed by atoms with Crippen LogP contribution in [-0.2, 0) is 4.79 Å². The topological polar surface area (TPSA) is 40.9 Å². The highest BCUT2D eigenvalue weighted by atomic mass is 32.2. The second-order valence-corrected chi connectivity index (χ2v) is 4.08. The van der Waals surface area contributed by atoms with E-state index in [4.69, 9.17) is 5.26 Å². The van der Waals surface area contributed by atoms with Gasteiger partial charge in [0.05, 0.1) is 6.07 Å². The van der Waals surface area contributed by atoms with Crippen LogP contribution in [-0.4, -0.2) is 16.3 Å². The van der Waals surface area contributed by atoms with Gasteiger partial charge in [0, 0.05) is 12.8 Å². The Morgan fingerprint density at radius 2 is 2.40 bits per heavy atom. The maximum atomic E-state index is 10.6. The van der Waals surface area contributed by atoms with Crippen molar-refractivity contribution in [2.45, 2.75) is 24.5 Å². The molecular formula is C7H9NOS. The van der Waals surface area contributed by atoms with E-state index in [0.29, 0.717) is 12.8 Å². The minimum Gasteiger partial charge on any atom is -0.300 e. The molecule has 0 radical (unpaired) electrons. The average molecular weight is 155 g/mol. The van der Waals surface area contributed by atoms with Crippen molar-refractivity contribution in [2.24, 2.45) is 0 Å². The van der Waals surface area contributed by atoms with E-state index in [1.54, 1.807) is 11.8 Å². The van der Waals surface area contributed by atoms with E-state index in [9.17, 15) is 4.79 Å². The van der Waals surface area contributed by atoms with Crippen molar-refractivity contribution >= 4 is 17.5 Å². The molecular weight excluding hydrogens is 146 g/mol. The van der Waals surface area contributed by atoms with E-state index in [2.05, 4.69) is 6.07 Å². The Morgan fingerprint density at radius 1 is 1.80 bits per heavy atom. The van der Waals surface area contributed by atoms with Gasteiger partial charge < -0.3 is 0 Å². The molecule has 2 nitrogen and oxygen atoms in total. The second kappa shape index (κ2) is 2.63. The van der Waals surface area contributed by atoms with Crippen molar-refractivity contribution in [2.75, 3.05) is 5.75 Å². The molecule has 0 aliphatic heterocycles. The SMILES string of the molecule is CCSC1(C#N)CC(=O)C1. The Morgan fingerprint density at radius 3 is 2.70 bits per heavy atom. The number of Topliss-reactive ketones (excluding diaryl/α,β-unsaturated/α-hetero) is 1. The maximum Gasteiger partial charge on any atom is 0.137 e. The molecule has 0 bridgehead atoms. The predicted octanol–water partition coefficient (Wildman–Crippen LogP) is 1.36. The summed E-state index contributed by atoms with van der Waals surface area (Å²) in [5.74, 6) is 1.14. The number of thioether (sulfide) groups is 1. The maximum absolute atomic E-state index is 10.6. The molecule has 0 saturated heterocycles. The standard InChI is InChI=1S/C7H9NOS/c1-2-10-7(5-8)3-6(9)4-7/h2-4H2,1H3. The zero-order valence-electron chi connectivity index (χ0n) is 5.89. The molecule has 0 unspecified atom stereocenters. The molecule has 1 rings (SSSR count).